The molecule has 1 aliphatic rings. The lowest BCUT2D eigenvalue weighted by Crippen LogP contribution is -2.42. The van der Waals surface area contributed by atoms with E-state index in [0.717, 1.165) is 0 Å². The van der Waals surface area contributed by atoms with E-state index < -0.39 is 6.23 Å². The molecule has 1 unspecified atom stereocenters. The first-order valence-electron chi connectivity index (χ1n) is 8.86. The molecule has 2 heterocycles. The van der Waals surface area contributed by atoms with Crippen LogP contribution in [0, 0.1) is 0 Å². The van der Waals surface area contributed by atoms with Crippen LogP contribution in [-0.2, 0) is 4.79 Å². The second-order valence-electron chi connectivity index (χ2n) is 6.54. The quantitative estimate of drug-likeness (QED) is 0.397. The number of ether oxygens (including phenoxy) is 1. The highest BCUT2D eigenvalue weighted by Gasteiger charge is 2.28. The summed E-state index contributed by atoms with van der Waals surface area (Å²) in [6.45, 7) is 0. The third-order valence-electron chi connectivity index (χ3n) is 4.52. The molecular weight excluding hydrogens is 372 g/mol. The maximum atomic E-state index is 12.4. The van der Waals surface area contributed by atoms with Crippen LogP contribution in [0.15, 0.2) is 60.7 Å². The molecule has 144 valence electrons. The molecule has 1 atom stereocenters. The Morgan fingerprint density at radius 1 is 1.10 bits per heavy atom. The number of rotatable bonds is 3. The fraction of sp³-hybridized carbons (Fsp3) is 0.0500. The van der Waals surface area contributed by atoms with Gasteiger partial charge in [-0.15, -0.1) is 15.0 Å². The smallest absolute Gasteiger partial charge is 0.286 e. The van der Waals surface area contributed by atoms with Crippen LogP contribution in [0.5, 0.6) is 11.5 Å². The summed E-state index contributed by atoms with van der Waals surface area (Å²) in [6, 6.07) is 17.2. The number of anilines is 3. The van der Waals surface area contributed by atoms with Gasteiger partial charge in [0.1, 0.15) is 28.2 Å². The molecule has 0 fully saturated rings. The van der Waals surface area contributed by atoms with Crippen molar-refractivity contribution in [3.05, 3.63) is 60.7 Å². The van der Waals surface area contributed by atoms with E-state index in [1.54, 1.807) is 48.5 Å². The Bertz CT molecular complexity index is 1250. The summed E-state index contributed by atoms with van der Waals surface area (Å²) in [5.74, 6) is 0.261. The second kappa shape index (κ2) is 6.41. The molecule has 1 aliphatic heterocycles. The first kappa shape index (κ1) is 16.9. The van der Waals surface area contributed by atoms with E-state index in [1.165, 1.54) is 4.80 Å². The molecule has 3 aromatic carbocycles. The maximum Gasteiger partial charge on any atom is 0.286 e. The van der Waals surface area contributed by atoms with Gasteiger partial charge in [-0.1, -0.05) is 24.3 Å². The van der Waals surface area contributed by atoms with Gasteiger partial charge < -0.3 is 26.2 Å². The Morgan fingerprint density at radius 3 is 2.76 bits per heavy atom. The highest BCUT2D eigenvalue weighted by molar-refractivity contribution is 6.00. The number of nitrogens with two attached hydrogens (primary N) is 1. The van der Waals surface area contributed by atoms with Crippen LogP contribution >= 0.6 is 0 Å². The Kier molecular flexibility index (Phi) is 3.73. The molecule has 4 aromatic rings. The number of phenols is 1. The van der Waals surface area contributed by atoms with Crippen LogP contribution in [0.25, 0.3) is 16.7 Å². The van der Waals surface area contributed by atoms with Gasteiger partial charge in [0.15, 0.2) is 0 Å². The van der Waals surface area contributed by atoms with Crippen LogP contribution in [0.4, 0.5) is 17.1 Å². The normalized spacial score (nSPS) is 15.4. The number of benzene rings is 3. The molecule has 9 nitrogen and oxygen atoms in total. The van der Waals surface area contributed by atoms with Gasteiger partial charge in [0.25, 0.3) is 5.91 Å². The largest absolute Gasteiger partial charge is 0.506 e. The van der Waals surface area contributed by atoms with Gasteiger partial charge >= 0.3 is 0 Å². The first-order chi connectivity index (χ1) is 14.1. The van der Waals surface area contributed by atoms with E-state index in [4.69, 9.17) is 10.5 Å². The minimum absolute atomic E-state index is 0.0434. The Morgan fingerprint density at radius 2 is 1.90 bits per heavy atom. The van der Waals surface area contributed by atoms with E-state index in [-0.39, 0.29) is 11.7 Å². The highest BCUT2D eigenvalue weighted by atomic mass is 16.5. The van der Waals surface area contributed by atoms with Gasteiger partial charge in [0.2, 0.25) is 6.23 Å². The molecule has 0 bridgehead atoms. The fourth-order valence-corrected chi connectivity index (χ4v) is 3.18. The summed E-state index contributed by atoms with van der Waals surface area (Å²) < 4.78 is 5.79. The number of amides is 1. The van der Waals surface area contributed by atoms with E-state index in [0.29, 0.717) is 39.5 Å². The van der Waals surface area contributed by atoms with Crippen molar-refractivity contribution in [1.82, 2.24) is 15.0 Å². The number of aromatic nitrogens is 3. The molecule has 29 heavy (non-hydrogen) atoms. The molecule has 0 aliphatic carbocycles. The van der Waals surface area contributed by atoms with E-state index in [1.807, 2.05) is 12.1 Å². The standard InChI is InChI=1S/C20H16N6O3/c21-11-9-13(23-20-19(28)22-12-5-1-4-8-17(12)29-20)18-14(10-11)24-26(25-18)15-6-2-3-7-16(15)27/h1-10,20,23,27H,21H2,(H,22,28). The number of hydrogen-bond acceptors (Lipinski definition) is 7. The van der Waals surface area contributed by atoms with Gasteiger partial charge in [0.05, 0.1) is 11.4 Å². The molecule has 0 saturated carbocycles. The van der Waals surface area contributed by atoms with Crippen molar-refractivity contribution in [2.24, 2.45) is 0 Å². The van der Waals surface area contributed by atoms with Crippen molar-refractivity contribution < 1.29 is 14.6 Å². The second-order valence-corrected chi connectivity index (χ2v) is 6.54. The average Bonchev–Trinajstić information content (AvgIpc) is 3.12. The number of nitrogen functional groups attached to an aromatic ring is 1. The van der Waals surface area contributed by atoms with Gasteiger partial charge in [-0.2, -0.15) is 0 Å². The Hall–Kier alpha value is -4.27. The van der Waals surface area contributed by atoms with Gasteiger partial charge in [-0.3, -0.25) is 4.79 Å². The zero-order valence-electron chi connectivity index (χ0n) is 15.0. The third-order valence-corrected chi connectivity index (χ3v) is 4.52. The summed E-state index contributed by atoms with van der Waals surface area (Å²) in [7, 11) is 0. The molecule has 0 saturated heterocycles. The molecule has 1 aromatic heterocycles. The van der Waals surface area contributed by atoms with Crippen LogP contribution in [-0.4, -0.2) is 32.2 Å². The van der Waals surface area contributed by atoms with E-state index in [9.17, 15) is 9.90 Å². The summed E-state index contributed by atoms with van der Waals surface area (Å²) in [6.07, 6.45) is -0.967. The number of hydrogen-bond donors (Lipinski definition) is 4. The summed E-state index contributed by atoms with van der Waals surface area (Å²) >= 11 is 0. The van der Waals surface area contributed by atoms with Gasteiger partial charge in [-0.05, 0) is 36.4 Å². The number of nitrogens with one attached hydrogen (secondary N) is 2. The summed E-state index contributed by atoms with van der Waals surface area (Å²) in [4.78, 5) is 13.8. The number of phenolic OH excluding ortho intramolecular Hbond substituents is 1. The fourth-order valence-electron chi connectivity index (χ4n) is 3.18. The molecular formula is C20H16N6O3. The minimum atomic E-state index is -0.967. The SMILES string of the molecule is Nc1cc(NC2Oc3ccccc3NC2=O)c2nn(-c3ccccc3O)nc2c1. The Labute approximate surface area is 164 Å². The molecule has 5 rings (SSSR count). The number of carbonyl (C=O) groups is 1. The molecule has 1 amide bonds. The third kappa shape index (κ3) is 2.94. The van der Waals surface area contributed by atoms with E-state index in [2.05, 4.69) is 20.8 Å². The van der Waals surface area contributed by atoms with Crippen LogP contribution < -0.4 is 21.1 Å². The molecule has 5 N–H and O–H groups in total. The van der Waals surface area contributed by atoms with Crippen molar-refractivity contribution >= 4 is 34.0 Å². The molecule has 0 radical (unpaired) electrons. The topological polar surface area (TPSA) is 127 Å². The maximum absolute atomic E-state index is 12.4. The predicted molar refractivity (Wildman–Crippen MR) is 108 cm³/mol. The Balaban J connectivity index is 1.54. The van der Waals surface area contributed by atoms with E-state index >= 15 is 0 Å². The van der Waals surface area contributed by atoms with Crippen molar-refractivity contribution in [2.75, 3.05) is 16.4 Å². The number of aromatic hydroxyl groups is 1. The number of nitrogens with zero attached hydrogens (tertiary/aromatic N) is 3. The van der Waals surface area contributed by atoms with Crippen LogP contribution in [0.3, 0.4) is 0 Å². The lowest BCUT2D eigenvalue weighted by molar-refractivity contribution is -0.122. The molecule has 0 spiro atoms. The minimum Gasteiger partial charge on any atom is -0.506 e. The summed E-state index contributed by atoms with van der Waals surface area (Å²) in [5.41, 5.74) is 8.97. The predicted octanol–water partition coefficient (Wildman–Crippen LogP) is 2.48. The monoisotopic (exact) mass is 388 g/mol. The molecule has 9 heteroatoms. The average molecular weight is 388 g/mol. The van der Waals surface area contributed by atoms with Crippen LogP contribution in [0.2, 0.25) is 0 Å². The zero-order chi connectivity index (χ0) is 20.0. The van der Waals surface area contributed by atoms with Gasteiger partial charge in [0, 0.05) is 5.69 Å². The lowest BCUT2D eigenvalue weighted by Gasteiger charge is -2.26. The van der Waals surface area contributed by atoms with Crippen LogP contribution in [0.1, 0.15) is 0 Å². The first-order valence-corrected chi connectivity index (χ1v) is 8.86. The number of carbonyl (C=O) groups excluding carboxylic acids is 1. The number of fused-ring (bicyclic) bond motifs is 2. The zero-order valence-corrected chi connectivity index (χ0v) is 15.0. The highest BCUT2D eigenvalue weighted by Crippen LogP contribution is 2.31. The van der Waals surface area contributed by atoms with Crippen molar-refractivity contribution in [1.29, 1.82) is 0 Å². The van der Waals surface area contributed by atoms with Crippen molar-refractivity contribution in [3.63, 3.8) is 0 Å². The number of para-hydroxylation sites is 4. The lowest BCUT2D eigenvalue weighted by atomic mass is 10.2. The van der Waals surface area contributed by atoms with Crippen molar-refractivity contribution in [3.8, 4) is 17.2 Å². The summed E-state index contributed by atoms with van der Waals surface area (Å²) in [5, 5.41) is 24.8. The van der Waals surface area contributed by atoms with Crippen molar-refractivity contribution in [2.45, 2.75) is 6.23 Å². The van der Waals surface area contributed by atoms with Gasteiger partial charge in [-0.25, -0.2) is 0 Å².